The Balaban J connectivity index is 1.84. The molecule has 0 radical (unpaired) electrons. The van der Waals surface area contributed by atoms with Crippen molar-refractivity contribution in [1.29, 1.82) is 0 Å². The Bertz CT molecular complexity index is 888. The molecule has 2 aromatic rings. The molecule has 8 nitrogen and oxygen atoms in total. The minimum atomic E-state index is -0.514. The second kappa shape index (κ2) is 7.67. The molecule has 1 aliphatic rings. The molecule has 2 amide bonds. The number of phenolic OH excluding ortho intramolecular Hbond substituents is 2. The standard InChI is InChI=1S/C18H18N2O6S/c1-25-14-7-10(3-5-12(14)21)17(24)19-20-16(23)9-27-18(20)11-4-6-13(22)15(8-11)26-2/h3-8,18,21-22H,9H2,1-2H3,(H,19,24)/t18-/m0/s1. The van der Waals surface area contributed by atoms with Crippen LogP contribution < -0.4 is 14.9 Å². The van der Waals surface area contributed by atoms with Crippen molar-refractivity contribution in [1.82, 2.24) is 10.4 Å². The molecule has 1 saturated heterocycles. The molecule has 142 valence electrons. The van der Waals surface area contributed by atoms with Crippen LogP contribution in [-0.4, -0.2) is 47.0 Å². The Kier molecular flexibility index (Phi) is 5.31. The van der Waals surface area contributed by atoms with Crippen LogP contribution in [0.15, 0.2) is 36.4 Å². The topological polar surface area (TPSA) is 108 Å². The minimum Gasteiger partial charge on any atom is -0.504 e. The lowest BCUT2D eigenvalue weighted by Gasteiger charge is -2.25. The van der Waals surface area contributed by atoms with Crippen LogP contribution in [0.5, 0.6) is 23.0 Å². The van der Waals surface area contributed by atoms with Crippen molar-refractivity contribution < 1.29 is 29.3 Å². The number of benzene rings is 2. The van der Waals surface area contributed by atoms with Crippen LogP contribution in [0.2, 0.25) is 0 Å². The number of hydrazine groups is 1. The van der Waals surface area contributed by atoms with Gasteiger partial charge in [0.25, 0.3) is 11.8 Å². The predicted molar refractivity (Wildman–Crippen MR) is 98.8 cm³/mol. The normalized spacial score (nSPS) is 16.3. The van der Waals surface area contributed by atoms with E-state index in [1.807, 2.05) is 0 Å². The van der Waals surface area contributed by atoms with Crippen molar-refractivity contribution in [2.24, 2.45) is 0 Å². The van der Waals surface area contributed by atoms with Gasteiger partial charge in [-0.15, -0.1) is 11.8 Å². The molecule has 0 bridgehead atoms. The lowest BCUT2D eigenvalue weighted by atomic mass is 10.2. The summed E-state index contributed by atoms with van der Waals surface area (Å²) in [6, 6.07) is 8.92. The molecule has 0 spiro atoms. The molecule has 0 aromatic heterocycles. The Morgan fingerprint density at radius 1 is 1.11 bits per heavy atom. The zero-order valence-corrected chi connectivity index (χ0v) is 15.4. The molecular weight excluding hydrogens is 372 g/mol. The van der Waals surface area contributed by atoms with Crippen LogP contribution >= 0.6 is 11.8 Å². The van der Waals surface area contributed by atoms with Gasteiger partial charge in [-0.05, 0) is 35.9 Å². The molecule has 1 atom stereocenters. The van der Waals surface area contributed by atoms with Crippen LogP contribution in [0, 0.1) is 0 Å². The summed E-state index contributed by atoms with van der Waals surface area (Å²) < 4.78 is 10.1. The first-order chi connectivity index (χ1) is 12.9. The van der Waals surface area contributed by atoms with Crippen molar-refractivity contribution in [3.63, 3.8) is 0 Å². The van der Waals surface area contributed by atoms with E-state index in [4.69, 9.17) is 9.47 Å². The summed E-state index contributed by atoms with van der Waals surface area (Å²) in [7, 11) is 2.81. The number of rotatable bonds is 5. The molecule has 2 aromatic carbocycles. The number of amides is 2. The van der Waals surface area contributed by atoms with E-state index in [1.165, 1.54) is 55.3 Å². The third-order valence-corrected chi connectivity index (χ3v) is 5.23. The summed E-state index contributed by atoms with van der Waals surface area (Å²) in [5.41, 5.74) is 3.53. The molecule has 0 unspecified atom stereocenters. The Morgan fingerprint density at radius 2 is 1.74 bits per heavy atom. The average molecular weight is 390 g/mol. The van der Waals surface area contributed by atoms with Gasteiger partial charge in [0.15, 0.2) is 23.0 Å². The Labute approximate surface area is 159 Å². The van der Waals surface area contributed by atoms with Gasteiger partial charge in [-0.1, -0.05) is 6.07 Å². The second-order valence-corrected chi connectivity index (χ2v) is 6.75. The van der Waals surface area contributed by atoms with Crippen LogP contribution in [0.3, 0.4) is 0 Å². The summed E-state index contributed by atoms with van der Waals surface area (Å²) in [5, 5.41) is 20.2. The van der Waals surface area contributed by atoms with E-state index in [1.54, 1.807) is 12.1 Å². The lowest BCUT2D eigenvalue weighted by Crippen LogP contribution is -2.44. The van der Waals surface area contributed by atoms with E-state index in [9.17, 15) is 19.8 Å². The molecule has 0 saturated carbocycles. The maximum Gasteiger partial charge on any atom is 0.270 e. The summed E-state index contributed by atoms with van der Waals surface area (Å²) in [6.07, 6.45) is 0. The molecule has 1 fully saturated rings. The van der Waals surface area contributed by atoms with Crippen molar-refractivity contribution >= 4 is 23.6 Å². The molecule has 3 N–H and O–H groups in total. The van der Waals surface area contributed by atoms with Crippen molar-refractivity contribution in [2.75, 3.05) is 20.0 Å². The quantitative estimate of drug-likeness (QED) is 0.717. The highest BCUT2D eigenvalue weighted by Crippen LogP contribution is 2.40. The monoisotopic (exact) mass is 390 g/mol. The van der Waals surface area contributed by atoms with Gasteiger partial charge < -0.3 is 19.7 Å². The second-order valence-electron chi connectivity index (χ2n) is 5.69. The van der Waals surface area contributed by atoms with Gasteiger partial charge in [0.1, 0.15) is 5.37 Å². The van der Waals surface area contributed by atoms with E-state index in [2.05, 4.69) is 5.43 Å². The fourth-order valence-corrected chi connectivity index (χ4v) is 3.73. The predicted octanol–water partition coefficient (Wildman–Crippen LogP) is 2.03. The van der Waals surface area contributed by atoms with E-state index in [-0.39, 0.29) is 40.2 Å². The third-order valence-electron chi connectivity index (χ3n) is 4.02. The number of hydrogen-bond acceptors (Lipinski definition) is 7. The number of carbonyl (C=O) groups is 2. The fourth-order valence-electron chi connectivity index (χ4n) is 2.63. The summed E-state index contributed by atoms with van der Waals surface area (Å²) >= 11 is 1.34. The summed E-state index contributed by atoms with van der Waals surface area (Å²) in [5.74, 6) is -0.228. The zero-order chi connectivity index (χ0) is 19.6. The first-order valence-corrected chi connectivity index (χ1v) is 8.98. The number of carbonyl (C=O) groups excluding carboxylic acids is 2. The number of methoxy groups -OCH3 is 2. The molecule has 0 aliphatic carbocycles. The molecule has 3 rings (SSSR count). The number of nitrogens with one attached hydrogen (secondary N) is 1. The first kappa shape index (κ1) is 18.7. The van der Waals surface area contributed by atoms with Crippen molar-refractivity contribution in [2.45, 2.75) is 5.37 Å². The molecule has 9 heteroatoms. The van der Waals surface area contributed by atoms with E-state index in [0.717, 1.165) is 0 Å². The van der Waals surface area contributed by atoms with E-state index >= 15 is 0 Å². The number of ether oxygens (including phenoxy) is 2. The summed E-state index contributed by atoms with van der Waals surface area (Å²) in [4.78, 5) is 24.8. The minimum absolute atomic E-state index is 0.0117. The maximum atomic E-state index is 12.6. The number of nitrogens with zero attached hydrogens (tertiary/aromatic N) is 1. The van der Waals surface area contributed by atoms with Crippen LogP contribution in [-0.2, 0) is 4.79 Å². The van der Waals surface area contributed by atoms with Crippen LogP contribution in [0.1, 0.15) is 21.3 Å². The van der Waals surface area contributed by atoms with Gasteiger partial charge in [0, 0.05) is 5.56 Å². The van der Waals surface area contributed by atoms with Crippen molar-refractivity contribution in [3.8, 4) is 23.0 Å². The summed E-state index contributed by atoms with van der Waals surface area (Å²) in [6.45, 7) is 0. The number of hydrogen-bond donors (Lipinski definition) is 3. The van der Waals surface area contributed by atoms with Gasteiger partial charge in [0.2, 0.25) is 0 Å². The van der Waals surface area contributed by atoms with Gasteiger partial charge in [-0.3, -0.25) is 15.0 Å². The average Bonchev–Trinajstić information content (AvgIpc) is 3.03. The Morgan fingerprint density at radius 3 is 2.41 bits per heavy atom. The molecule has 1 heterocycles. The molecule has 1 aliphatic heterocycles. The molecule has 27 heavy (non-hydrogen) atoms. The highest BCUT2D eigenvalue weighted by molar-refractivity contribution is 8.00. The Hall–Kier alpha value is -3.07. The fraction of sp³-hybridized carbons (Fsp3) is 0.222. The number of thioether (sulfide) groups is 1. The number of aromatic hydroxyl groups is 2. The highest BCUT2D eigenvalue weighted by Gasteiger charge is 2.35. The van der Waals surface area contributed by atoms with Gasteiger partial charge in [0.05, 0.1) is 20.0 Å². The van der Waals surface area contributed by atoms with Crippen LogP contribution in [0.4, 0.5) is 0 Å². The van der Waals surface area contributed by atoms with Crippen molar-refractivity contribution in [3.05, 3.63) is 47.5 Å². The largest absolute Gasteiger partial charge is 0.504 e. The van der Waals surface area contributed by atoms with Gasteiger partial charge in [-0.25, -0.2) is 5.01 Å². The molecular formula is C18H18N2O6S. The smallest absolute Gasteiger partial charge is 0.270 e. The highest BCUT2D eigenvalue weighted by atomic mass is 32.2. The number of phenols is 2. The van der Waals surface area contributed by atoms with Crippen LogP contribution in [0.25, 0.3) is 0 Å². The SMILES string of the molecule is COc1cc(C(=O)NN2C(=O)CS[C@H]2c2ccc(O)c(OC)c2)ccc1O. The maximum absolute atomic E-state index is 12.6. The first-order valence-electron chi connectivity index (χ1n) is 7.93. The third kappa shape index (κ3) is 3.72. The van der Waals surface area contributed by atoms with E-state index in [0.29, 0.717) is 5.56 Å². The van der Waals surface area contributed by atoms with Gasteiger partial charge in [-0.2, -0.15) is 0 Å². The zero-order valence-electron chi connectivity index (χ0n) is 14.6. The van der Waals surface area contributed by atoms with Gasteiger partial charge >= 0.3 is 0 Å². The lowest BCUT2D eigenvalue weighted by molar-refractivity contribution is -0.130. The van der Waals surface area contributed by atoms with E-state index < -0.39 is 11.3 Å².